The minimum atomic E-state index is -0.739. The predicted molar refractivity (Wildman–Crippen MR) is 137 cm³/mol. The van der Waals surface area contributed by atoms with Crippen molar-refractivity contribution in [3.63, 3.8) is 0 Å². The zero-order valence-electron chi connectivity index (χ0n) is 23.2. The highest BCUT2D eigenvalue weighted by Gasteiger charge is 2.52. The fraction of sp³-hybridized carbons (Fsp3) is 0.929. The SMILES string of the molecule is CCCCNC(=O)C[C@@H](C[C@@H]1OC(C)(C)N(C(=O)OC(C)(C)C)[C@H]1CC1CCCCC1)C(C)C. The van der Waals surface area contributed by atoms with E-state index in [0.717, 1.165) is 32.2 Å². The van der Waals surface area contributed by atoms with Crippen LogP contribution in [0.25, 0.3) is 0 Å². The van der Waals surface area contributed by atoms with Crippen molar-refractivity contribution in [3.05, 3.63) is 0 Å². The Morgan fingerprint density at radius 3 is 2.35 bits per heavy atom. The van der Waals surface area contributed by atoms with Gasteiger partial charge in [0.15, 0.2) is 0 Å². The molecule has 3 atom stereocenters. The molecule has 6 heteroatoms. The van der Waals surface area contributed by atoms with Crippen LogP contribution >= 0.6 is 0 Å². The summed E-state index contributed by atoms with van der Waals surface area (Å²) in [7, 11) is 0. The largest absolute Gasteiger partial charge is 0.444 e. The van der Waals surface area contributed by atoms with Crippen molar-refractivity contribution in [2.75, 3.05) is 6.54 Å². The average molecular weight is 481 g/mol. The highest BCUT2D eigenvalue weighted by molar-refractivity contribution is 5.76. The summed E-state index contributed by atoms with van der Waals surface area (Å²) in [5, 5.41) is 3.08. The molecule has 1 N–H and O–H groups in total. The van der Waals surface area contributed by atoms with Crippen molar-refractivity contribution in [3.8, 4) is 0 Å². The maximum Gasteiger partial charge on any atom is 0.412 e. The Balaban J connectivity index is 2.22. The van der Waals surface area contributed by atoms with Crippen LogP contribution in [0.1, 0.15) is 120 Å². The number of amides is 2. The van der Waals surface area contributed by atoms with Crippen LogP contribution in [-0.4, -0.2) is 46.9 Å². The van der Waals surface area contributed by atoms with Crippen LogP contribution in [0.2, 0.25) is 0 Å². The first-order valence-electron chi connectivity index (χ1n) is 13.8. The van der Waals surface area contributed by atoms with E-state index >= 15 is 0 Å². The number of nitrogens with one attached hydrogen (secondary N) is 1. The molecule has 1 heterocycles. The summed E-state index contributed by atoms with van der Waals surface area (Å²) in [5.41, 5.74) is -1.30. The average Bonchev–Trinajstić information content (AvgIpc) is 2.96. The maximum absolute atomic E-state index is 13.4. The minimum Gasteiger partial charge on any atom is -0.444 e. The van der Waals surface area contributed by atoms with Gasteiger partial charge < -0.3 is 14.8 Å². The van der Waals surface area contributed by atoms with E-state index in [0.29, 0.717) is 18.3 Å². The maximum atomic E-state index is 13.4. The second-order valence-electron chi connectivity index (χ2n) is 12.4. The van der Waals surface area contributed by atoms with Gasteiger partial charge in [-0.1, -0.05) is 59.3 Å². The van der Waals surface area contributed by atoms with Gasteiger partial charge in [-0.3, -0.25) is 9.69 Å². The molecule has 6 nitrogen and oxygen atoms in total. The van der Waals surface area contributed by atoms with Gasteiger partial charge in [-0.2, -0.15) is 0 Å². The normalized spacial score (nSPS) is 24.3. The zero-order chi connectivity index (χ0) is 25.5. The van der Waals surface area contributed by atoms with Crippen LogP contribution < -0.4 is 5.32 Å². The summed E-state index contributed by atoms with van der Waals surface area (Å²) >= 11 is 0. The van der Waals surface area contributed by atoms with Crippen molar-refractivity contribution in [1.82, 2.24) is 10.2 Å². The van der Waals surface area contributed by atoms with Crippen LogP contribution in [0.5, 0.6) is 0 Å². The number of carbonyl (C=O) groups excluding carboxylic acids is 2. The van der Waals surface area contributed by atoms with Gasteiger partial charge >= 0.3 is 6.09 Å². The van der Waals surface area contributed by atoms with E-state index in [9.17, 15) is 9.59 Å². The molecule has 0 aromatic carbocycles. The number of hydrogen-bond donors (Lipinski definition) is 1. The highest BCUT2D eigenvalue weighted by atomic mass is 16.6. The molecule has 1 aliphatic heterocycles. The minimum absolute atomic E-state index is 0.0302. The van der Waals surface area contributed by atoms with Gasteiger partial charge in [0.1, 0.15) is 11.3 Å². The number of unbranched alkanes of at least 4 members (excludes halogenated alkanes) is 1. The molecule has 34 heavy (non-hydrogen) atoms. The molecule has 1 saturated carbocycles. The third-order valence-electron chi connectivity index (χ3n) is 7.45. The predicted octanol–water partition coefficient (Wildman–Crippen LogP) is 6.67. The molecule has 0 radical (unpaired) electrons. The Morgan fingerprint density at radius 2 is 1.79 bits per heavy atom. The molecule has 0 aromatic rings. The molecule has 0 aromatic heterocycles. The van der Waals surface area contributed by atoms with Crippen LogP contribution in [0.15, 0.2) is 0 Å². The summed E-state index contributed by atoms with van der Waals surface area (Å²) in [4.78, 5) is 27.9. The van der Waals surface area contributed by atoms with E-state index < -0.39 is 11.3 Å². The Bertz CT molecular complexity index is 649. The lowest BCUT2D eigenvalue weighted by Crippen LogP contribution is -2.51. The fourth-order valence-electron chi connectivity index (χ4n) is 5.57. The first kappa shape index (κ1) is 28.9. The lowest BCUT2D eigenvalue weighted by molar-refractivity contribution is -0.122. The monoisotopic (exact) mass is 480 g/mol. The van der Waals surface area contributed by atoms with Crippen LogP contribution in [0.3, 0.4) is 0 Å². The van der Waals surface area contributed by atoms with Crippen molar-refractivity contribution in [2.45, 2.75) is 143 Å². The van der Waals surface area contributed by atoms with E-state index in [4.69, 9.17) is 9.47 Å². The summed E-state index contributed by atoms with van der Waals surface area (Å²) in [6.07, 6.45) is 10.2. The molecule has 1 aliphatic carbocycles. The van der Waals surface area contributed by atoms with E-state index in [1.54, 1.807) is 0 Å². The topological polar surface area (TPSA) is 67.9 Å². The molecule has 2 aliphatic rings. The lowest BCUT2D eigenvalue weighted by atomic mass is 9.80. The van der Waals surface area contributed by atoms with Gasteiger partial charge in [-0.25, -0.2) is 4.79 Å². The van der Waals surface area contributed by atoms with Crippen LogP contribution in [-0.2, 0) is 14.3 Å². The summed E-state index contributed by atoms with van der Waals surface area (Å²) < 4.78 is 12.4. The molecule has 2 rings (SSSR count). The molecule has 0 unspecified atom stereocenters. The van der Waals surface area contributed by atoms with Crippen molar-refractivity contribution >= 4 is 12.0 Å². The van der Waals surface area contributed by atoms with Crippen LogP contribution in [0, 0.1) is 17.8 Å². The fourth-order valence-corrected chi connectivity index (χ4v) is 5.57. The second kappa shape index (κ2) is 12.6. The Kier molecular flexibility index (Phi) is 10.7. The zero-order valence-corrected chi connectivity index (χ0v) is 23.2. The van der Waals surface area contributed by atoms with Gasteiger partial charge in [0.05, 0.1) is 12.1 Å². The number of hydrogen-bond acceptors (Lipinski definition) is 4. The van der Waals surface area contributed by atoms with Gasteiger partial charge in [0.2, 0.25) is 5.91 Å². The summed E-state index contributed by atoms with van der Waals surface area (Å²) in [5.74, 6) is 1.29. The summed E-state index contributed by atoms with van der Waals surface area (Å²) in [6, 6.07) is -0.0302. The van der Waals surface area contributed by atoms with Gasteiger partial charge in [0, 0.05) is 13.0 Å². The quantitative estimate of drug-likeness (QED) is 0.355. The van der Waals surface area contributed by atoms with Crippen molar-refractivity contribution in [1.29, 1.82) is 0 Å². The first-order valence-corrected chi connectivity index (χ1v) is 13.8. The van der Waals surface area contributed by atoms with Gasteiger partial charge in [-0.05, 0) is 71.6 Å². The molecule has 2 amide bonds. The molecule has 0 bridgehead atoms. The van der Waals surface area contributed by atoms with Gasteiger partial charge in [-0.15, -0.1) is 0 Å². The summed E-state index contributed by atoms with van der Waals surface area (Å²) in [6.45, 7) is 16.9. The van der Waals surface area contributed by atoms with E-state index in [1.807, 2.05) is 39.5 Å². The highest BCUT2D eigenvalue weighted by Crippen LogP contribution is 2.42. The molecular weight excluding hydrogens is 428 g/mol. The van der Waals surface area contributed by atoms with E-state index in [2.05, 4.69) is 26.1 Å². The smallest absolute Gasteiger partial charge is 0.412 e. The third-order valence-corrected chi connectivity index (χ3v) is 7.45. The number of ether oxygens (including phenoxy) is 2. The third kappa shape index (κ3) is 8.73. The Labute approximate surface area is 208 Å². The van der Waals surface area contributed by atoms with Crippen molar-refractivity contribution in [2.24, 2.45) is 17.8 Å². The number of carbonyl (C=O) groups is 2. The van der Waals surface area contributed by atoms with Gasteiger partial charge in [0.25, 0.3) is 0 Å². The number of rotatable bonds is 10. The molecule has 198 valence electrons. The molecule has 2 fully saturated rings. The molecule has 0 spiro atoms. The van der Waals surface area contributed by atoms with Crippen LogP contribution in [0.4, 0.5) is 4.79 Å². The van der Waals surface area contributed by atoms with Crippen molar-refractivity contribution < 1.29 is 19.1 Å². The second-order valence-corrected chi connectivity index (χ2v) is 12.4. The number of nitrogens with zero attached hydrogens (tertiary/aromatic N) is 1. The first-order chi connectivity index (χ1) is 15.8. The van der Waals surface area contributed by atoms with E-state index in [1.165, 1.54) is 32.1 Å². The van der Waals surface area contributed by atoms with E-state index in [-0.39, 0.29) is 30.1 Å². The lowest BCUT2D eigenvalue weighted by Gasteiger charge is -2.37. The Hall–Kier alpha value is -1.30. The molecule has 1 saturated heterocycles. The molecular formula is C28H52N2O4. The Morgan fingerprint density at radius 1 is 1.15 bits per heavy atom. The standard InChI is InChI=1S/C28H52N2O4/c1-9-10-16-29-25(31)19-22(20(2)3)18-24-23(17-21-14-12-11-13-15-21)30(28(7,8)33-24)26(32)34-27(4,5)6/h20-24H,9-19H2,1-8H3,(H,29,31)/t22-,23+,24+/m1/s1.